The Balaban J connectivity index is 1.77. The lowest BCUT2D eigenvalue weighted by atomic mass is 10.2. The fourth-order valence-corrected chi connectivity index (χ4v) is 3.53. The lowest BCUT2D eigenvalue weighted by molar-refractivity contribution is 0.102. The number of benzene rings is 1. The molecule has 0 radical (unpaired) electrons. The largest absolute Gasteiger partial charge is 0.298 e. The number of aromatic nitrogens is 1. The molecule has 6 heteroatoms. The summed E-state index contributed by atoms with van der Waals surface area (Å²) in [4.78, 5) is 17.6. The summed E-state index contributed by atoms with van der Waals surface area (Å²) in [5.74, 6) is -0.154. The number of hydrogen-bond acceptors (Lipinski definition) is 4. The molecule has 1 N–H and O–H groups in total. The van der Waals surface area contributed by atoms with Crippen LogP contribution in [0, 0.1) is 0 Å². The third kappa shape index (κ3) is 2.98. The van der Waals surface area contributed by atoms with Gasteiger partial charge in [-0.25, -0.2) is 4.98 Å². The number of carbonyl (C=O) groups excluding carboxylic acids is 1. The van der Waals surface area contributed by atoms with Crippen LogP contribution in [-0.4, -0.2) is 10.9 Å². The van der Waals surface area contributed by atoms with E-state index in [1.807, 2.05) is 35.0 Å². The van der Waals surface area contributed by atoms with Crippen molar-refractivity contribution in [2.75, 3.05) is 5.32 Å². The number of nitrogens with one attached hydrogen (secondary N) is 1. The molecule has 2 heterocycles. The average Bonchev–Trinajstić information content (AvgIpc) is 3.08. The van der Waals surface area contributed by atoms with E-state index in [0.717, 1.165) is 15.0 Å². The van der Waals surface area contributed by atoms with E-state index in [2.05, 4.69) is 26.2 Å². The lowest BCUT2D eigenvalue weighted by Gasteiger charge is -2.01. The lowest BCUT2D eigenvalue weighted by Crippen LogP contribution is -2.11. The van der Waals surface area contributed by atoms with Crippen LogP contribution < -0.4 is 5.32 Å². The highest BCUT2D eigenvalue weighted by molar-refractivity contribution is 9.10. The van der Waals surface area contributed by atoms with E-state index in [-0.39, 0.29) is 5.91 Å². The molecule has 0 aliphatic rings. The maximum atomic E-state index is 12.1. The Labute approximate surface area is 132 Å². The standard InChI is InChI=1S/C14H9BrN2OS2/c15-10-4-1-3-9(7-10)13(18)17-14-16-11(8-20-14)12-5-2-6-19-12/h1-8H,(H,16,17,18). The van der Waals surface area contributed by atoms with E-state index in [0.29, 0.717) is 10.7 Å². The van der Waals surface area contributed by atoms with E-state index in [1.165, 1.54) is 11.3 Å². The van der Waals surface area contributed by atoms with Crippen molar-refractivity contribution in [1.29, 1.82) is 0 Å². The van der Waals surface area contributed by atoms with Gasteiger partial charge in [0.05, 0.1) is 10.6 Å². The van der Waals surface area contributed by atoms with E-state index < -0.39 is 0 Å². The molecule has 2 aromatic heterocycles. The molecule has 1 amide bonds. The third-order valence-electron chi connectivity index (χ3n) is 2.59. The van der Waals surface area contributed by atoms with E-state index in [4.69, 9.17) is 0 Å². The second-order valence-electron chi connectivity index (χ2n) is 3.98. The average molecular weight is 365 g/mol. The second kappa shape index (κ2) is 5.87. The van der Waals surface area contributed by atoms with Crippen LogP contribution in [-0.2, 0) is 0 Å². The van der Waals surface area contributed by atoms with Crippen LogP contribution in [0.25, 0.3) is 10.6 Å². The van der Waals surface area contributed by atoms with Crippen molar-refractivity contribution in [2.45, 2.75) is 0 Å². The Morgan fingerprint density at radius 1 is 1.20 bits per heavy atom. The van der Waals surface area contributed by atoms with Gasteiger partial charge < -0.3 is 0 Å². The molecule has 0 unspecified atom stereocenters. The van der Waals surface area contributed by atoms with Crippen LogP contribution >= 0.6 is 38.6 Å². The number of hydrogen-bond donors (Lipinski definition) is 1. The van der Waals surface area contributed by atoms with Crippen molar-refractivity contribution in [1.82, 2.24) is 4.98 Å². The molecule has 20 heavy (non-hydrogen) atoms. The zero-order valence-corrected chi connectivity index (χ0v) is 13.4. The summed E-state index contributed by atoms with van der Waals surface area (Å²) >= 11 is 6.41. The predicted octanol–water partition coefficient (Wildman–Crippen LogP) is 4.89. The van der Waals surface area contributed by atoms with Gasteiger partial charge in [-0.15, -0.1) is 22.7 Å². The van der Waals surface area contributed by atoms with Gasteiger partial charge in [-0.2, -0.15) is 0 Å². The van der Waals surface area contributed by atoms with Crippen molar-refractivity contribution in [3.8, 4) is 10.6 Å². The summed E-state index contributed by atoms with van der Waals surface area (Å²) in [5, 5.41) is 7.38. The van der Waals surface area contributed by atoms with Crippen LogP contribution in [0.15, 0.2) is 51.6 Å². The predicted molar refractivity (Wildman–Crippen MR) is 87.5 cm³/mol. The molecular weight excluding hydrogens is 356 g/mol. The van der Waals surface area contributed by atoms with Crippen molar-refractivity contribution in [2.24, 2.45) is 0 Å². The van der Waals surface area contributed by atoms with Crippen molar-refractivity contribution in [3.05, 3.63) is 57.2 Å². The van der Waals surface area contributed by atoms with Gasteiger partial charge in [0.1, 0.15) is 0 Å². The topological polar surface area (TPSA) is 42.0 Å². The number of anilines is 1. The van der Waals surface area contributed by atoms with Gasteiger partial charge in [0, 0.05) is 15.4 Å². The van der Waals surface area contributed by atoms with Gasteiger partial charge >= 0.3 is 0 Å². The molecule has 100 valence electrons. The van der Waals surface area contributed by atoms with Gasteiger partial charge in [0.25, 0.3) is 5.91 Å². The van der Waals surface area contributed by atoms with Crippen LogP contribution in [0.4, 0.5) is 5.13 Å². The fraction of sp³-hybridized carbons (Fsp3) is 0. The summed E-state index contributed by atoms with van der Waals surface area (Å²) in [7, 11) is 0. The molecule has 0 spiro atoms. The molecule has 0 atom stereocenters. The number of rotatable bonds is 3. The van der Waals surface area contributed by atoms with E-state index in [1.54, 1.807) is 23.5 Å². The molecule has 3 rings (SSSR count). The molecule has 0 saturated carbocycles. The van der Waals surface area contributed by atoms with E-state index in [9.17, 15) is 4.79 Å². The number of carbonyl (C=O) groups is 1. The Kier molecular flexibility index (Phi) is 3.95. The highest BCUT2D eigenvalue weighted by Gasteiger charge is 2.10. The number of halogens is 1. The van der Waals surface area contributed by atoms with Crippen molar-refractivity contribution in [3.63, 3.8) is 0 Å². The number of amides is 1. The first kappa shape index (κ1) is 13.5. The summed E-state index contributed by atoms with van der Waals surface area (Å²) in [6.45, 7) is 0. The Morgan fingerprint density at radius 3 is 2.85 bits per heavy atom. The Bertz CT molecular complexity index is 737. The van der Waals surface area contributed by atoms with Crippen molar-refractivity contribution < 1.29 is 4.79 Å². The molecule has 0 aliphatic heterocycles. The third-order valence-corrected chi connectivity index (χ3v) is 4.73. The molecular formula is C14H9BrN2OS2. The maximum Gasteiger partial charge on any atom is 0.257 e. The molecule has 0 fully saturated rings. The minimum absolute atomic E-state index is 0.154. The molecule has 1 aromatic carbocycles. The molecule has 3 nitrogen and oxygen atoms in total. The Morgan fingerprint density at radius 2 is 2.10 bits per heavy atom. The van der Waals surface area contributed by atoms with Crippen LogP contribution in [0.1, 0.15) is 10.4 Å². The van der Waals surface area contributed by atoms with Gasteiger partial charge in [-0.1, -0.05) is 28.1 Å². The summed E-state index contributed by atoms with van der Waals surface area (Å²) in [6, 6.07) is 11.3. The zero-order valence-electron chi connectivity index (χ0n) is 10.2. The number of thiophene rings is 1. The normalized spacial score (nSPS) is 10.4. The summed E-state index contributed by atoms with van der Waals surface area (Å²) in [5.41, 5.74) is 1.50. The molecule has 0 aliphatic carbocycles. The quantitative estimate of drug-likeness (QED) is 0.718. The molecule has 0 bridgehead atoms. The zero-order chi connectivity index (χ0) is 13.9. The highest BCUT2D eigenvalue weighted by Crippen LogP contribution is 2.28. The van der Waals surface area contributed by atoms with Crippen molar-refractivity contribution >= 4 is 49.6 Å². The monoisotopic (exact) mass is 364 g/mol. The van der Waals surface area contributed by atoms with Gasteiger partial charge in [-0.05, 0) is 29.6 Å². The first-order chi connectivity index (χ1) is 9.72. The number of nitrogens with zero attached hydrogens (tertiary/aromatic N) is 1. The fourth-order valence-electron chi connectivity index (χ4n) is 1.67. The van der Waals surface area contributed by atoms with Gasteiger partial charge in [-0.3, -0.25) is 10.1 Å². The first-order valence-corrected chi connectivity index (χ1v) is 8.34. The van der Waals surface area contributed by atoms with E-state index >= 15 is 0 Å². The maximum absolute atomic E-state index is 12.1. The second-order valence-corrected chi connectivity index (χ2v) is 6.70. The minimum atomic E-state index is -0.154. The van der Waals surface area contributed by atoms with Gasteiger partial charge in [0.15, 0.2) is 5.13 Å². The van der Waals surface area contributed by atoms with Gasteiger partial charge in [0.2, 0.25) is 0 Å². The SMILES string of the molecule is O=C(Nc1nc(-c2cccs2)cs1)c1cccc(Br)c1. The molecule has 0 saturated heterocycles. The van der Waals surface area contributed by atoms with Crippen LogP contribution in [0.5, 0.6) is 0 Å². The highest BCUT2D eigenvalue weighted by atomic mass is 79.9. The summed E-state index contributed by atoms with van der Waals surface area (Å²) < 4.78 is 0.878. The smallest absolute Gasteiger partial charge is 0.257 e. The summed E-state index contributed by atoms with van der Waals surface area (Å²) in [6.07, 6.45) is 0. The minimum Gasteiger partial charge on any atom is -0.298 e. The molecule has 3 aromatic rings. The van der Waals surface area contributed by atoms with Crippen LogP contribution in [0.3, 0.4) is 0 Å². The Hall–Kier alpha value is -1.50. The van der Waals surface area contributed by atoms with Crippen LogP contribution in [0.2, 0.25) is 0 Å². The number of thiazole rings is 1. The first-order valence-electron chi connectivity index (χ1n) is 5.79.